The molecule has 156 valence electrons. The van der Waals surface area contributed by atoms with Crippen LogP contribution in [-0.4, -0.2) is 46.2 Å². The zero-order valence-corrected chi connectivity index (χ0v) is 17.1. The highest BCUT2D eigenvalue weighted by Gasteiger charge is 2.34. The molecule has 1 amide bonds. The first-order valence-corrected chi connectivity index (χ1v) is 10.2. The molecule has 30 heavy (non-hydrogen) atoms. The molecular weight excluding hydrogens is 378 g/mol. The van der Waals surface area contributed by atoms with Crippen LogP contribution in [0.1, 0.15) is 34.5 Å². The number of rotatable bonds is 5. The maximum atomic E-state index is 12.5. The molecule has 1 aliphatic heterocycles. The van der Waals surface area contributed by atoms with Gasteiger partial charge in [0.25, 0.3) is 5.91 Å². The molecule has 1 aliphatic rings. The molecule has 4 rings (SSSR count). The number of aryl methyl sites for hydroxylation is 1. The molecular formula is C23H27N5O2. The topological polar surface area (TPSA) is 104 Å². The minimum atomic E-state index is -1.00. The summed E-state index contributed by atoms with van der Waals surface area (Å²) in [4.78, 5) is 23.5. The van der Waals surface area contributed by atoms with E-state index in [0.717, 1.165) is 40.8 Å². The number of carbonyl (C=O) groups excluding carboxylic acids is 1. The van der Waals surface area contributed by atoms with E-state index in [4.69, 9.17) is 5.73 Å². The fraction of sp³-hybridized carbons (Fsp3) is 0.348. The van der Waals surface area contributed by atoms with Gasteiger partial charge in [0.1, 0.15) is 0 Å². The Morgan fingerprint density at radius 2 is 2.10 bits per heavy atom. The number of β-amino-alcohol motifs (C(OH)–C–C–N with tert-alkyl or cyclic N) is 1. The zero-order chi connectivity index (χ0) is 21.1. The third-order valence-electron chi connectivity index (χ3n) is 5.64. The van der Waals surface area contributed by atoms with Crippen LogP contribution in [0.4, 0.5) is 5.69 Å². The maximum absolute atomic E-state index is 12.5. The van der Waals surface area contributed by atoms with Crippen LogP contribution in [-0.2, 0) is 6.54 Å². The van der Waals surface area contributed by atoms with Gasteiger partial charge in [0, 0.05) is 60.9 Å². The van der Waals surface area contributed by atoms with E-state index in [1.807, 2.05) is 37.4 Å². The third kappa shape index (κ3) is 4.27. The molecule has 1 aromatic carbocycles. The molecule has 0 radical (unpaired) electrons. The van der Waals surface area contributed by atoms with E-state index in [2.05, 4.69) is 20.2 Å². The third-order valence-corrected chi connectivity index (χ3v) is 5.64. The Morgan fingerprint density at radius 3 is 2.87 bits per heavy atom. The van der Waals surface area contributed by atoms with E-state index in [9.17, 15) is 9.90 Å². The molecule has 3 heterocycles. The molecule has 0 bridgehead atoms. The van der Waals surface area contributed by atoms with Crippen LogP contribution >= 0.6 is 0 Å². The molecule has 7 nitrogen and oxygen atoms in total. The Bertz CT molecular complexity index is 1050. The van der Waals surface area contributed by atoms with Crippen LogP contribution in [0.25, 0.3) is 10.9 Å². The highest BCUT2D eigenvalue weighted by atomic mass is 16.3. The molecule has 0 aliphatic carbocycles. The van der Waals surface area contributed by atoms with Gasteiger partial charge in [-0.3, -0.25) is 14.8 Å². The maximum Gasteiger partial charge on any atom is 0.251 e. The van der Waals surface area contributed by atoms with Crippen LogP contribution in [0.5, 0.6) is 0 Å². The number of fused-ring (bicyclic) bond motifs is 1. The summed E-state index contributed by atoms with van der Waals surface area (Å²) in [5.41, 5.74) is 8.98. The van der Waals surface area contributed by atoms with Gasteiger partial charge in [-0.15, -0.1) is 0 Å². The van der Waals surface area contributed by atoms with Crippen LogP contribution in [0, 0.1) is 6.92 Å². The van der Waals surface area contributed by atoms with Crippen molar-refractivity contribution in [3.8, 4) is 0 Å². The van der Waals surface area contributed by atoms with Crippen molar-refractivity contribution in [3.63, 3.8) is 0 Å². The van der Waals surface area contributed by atoms with Crippen molar-refractivity contribution in [2.24, 2.45) is 5.73 Å². The first kappa shape index (κ1) is 20.3. The molecule has 7 heteroatoms. The molecule has 0 spiro atoms. The Balaban J connectivity index is 1.48. The average Bonchev–Trinajstić information content (AvgIpc) is 2.77. The van der Waals surface area contributed by atoms with E-state index in [-0.39, 0.29) is 12.5 Å². The zero-order valence-electron chi connectivity index (χ0n) is 17.1. The number of nitrogens with one attached hydrogen (secondary N) is 1. The Morgan fingerprint density at radius 1 is 1.30 bits per heavy atom. The second-order valence-corrected chi connectivity index (χ2v) is 8.01. The number of anilines is 1. The van der Waals surface area contributed by atoms with Gasteiger partial charge in [0.2, 0.25) is 0 Å². The number of nitrogens with two attached hydrogens (primary N) is 1. The van der Waals surface area contributed by atoms with Crippen molar-refractivity contribution >= 4 is 22.5 Å². The van der Waals surface area contributed by atoms with E-state index in [1.165, 1.54) is 0 Å². The predicted octanol–water partition coefficient (Wildman–Crippen LogP) is 2.16. The summed E-state index contributed by atoms with van der Waals surface area (Å²) in [6.07, 6.45) is 5.02. The van der Waals surface area contributed by atoms with Crippen molar-refractivity contribution in [3.05, 3.63) is 65.6 Å². The van der Waals surface area contributed by atoms with Gasteiger partial charge in [-0.05, 0) is 49.6 Å². The Kier molecular flexibility index (Phi) is 5.65. The van der Waals surface area contributed by atoms with Gasteiger partial charge >= 0.3 is 0 Å². The summed E-state index contributed by atoms with van der Waals surface area (Å²) < 4.78 is 0. The fourth-order valence-corrected chi connectivity index (χ4v) is 4.04. The highest BCUT2D eigenvalue weighted by molar-refractivity contribution is 5.94. The number of hydrogen-bond donors (Lipinski definition) is 3. The summed E-state index contributed by atoms with van der Waals surface area (Å²) in [6.45, 7) is 3.88. The van der Waals surface area contributed by atoms with E-state index < -0.39 is 5.60 Å². The lowest BCUT2D eigenvalue weighted by atomic mass is 9.92. The molecule has 1 unspecified atom stereocenters. The number of pyridine rings is 2. The van der Waals surface area contributed by atoms with E-state index in [1.54, 1.807) is 18.3 Å². The van der Waals surface area contributed by atoms with Gasteiger partial charge in [-0.1, -0.05) is 12.1 Å². The van der Waals surface area contributed by atoms with Gasteiger partial charge in [-0.25, -0.2) is 0 Å². The SMILES string of the molecule is Cc1cc(N2CCCC(O)(CNC(=O)c3ccc(CN)cc3)C2)c2cnccc2n1. The van der Waals surface area contributed by atoms with Crippen LogP contribution < -0.4 is 16.0 Å². The van der Waals surface area contributed by atoms with Crippen LogP contribution in [0.2, 0.25) is 0 Å². The number of aliphatic hydroxyl groups is 1. The summed E-state index contributed by atoms with van der Waals surface area (Å²) in [6, 6.07) is 11.1. The largest absolute Gasteiger partial charge is 0.386 e. The number of hydrogen-bond acceptors (Lipinski definition) is 6. The second kappa shape index (κ2) is 8.38. The average molecular weight is 406 g/mol. The van der Waals surface area contributed by atoms with Crippen molar-refractivity contribution in [1.29, 1.82) is 0 Å². The number of amides is 1. The van der Waals surface area contributed by atoms with Crippen LogP contribution in [0.3, 0.4) is 0 Å². The van der Waals surface area contributed by atoms with E-state index >= 15 is 0 Å². The van der Waals surface area contributed by atoms with Crippen LogP contribution in [0.15, 0.2) is 48.8 Å². The van der Waals surface area contributed by atoms with Gasteiger partial charge in [-0.2, -0.15) is 0 Å². The summed E-state index contributed by atoms with van der Waals surface area (Å²) >= 11 is 0. The number of aromatic nitrogens is 2. The lowest BCUT2D eigenvalue weighted by molar-refractivity contribution is 0.0257. The van der Waals surface area contributed by atoms with Gasteiger partial charge in [0.15, 0.2) is 0 Å². The summed E-state index contributed by atoms with van der Waals surface area (Å²) in [5.74, 6) is -0.196. The smallest absolute Gasteiger partial charge is 0.251 e. The summed E-state index contributed by atoms with van der Waals surface area (Å²) in [5, 5.41) is 15.1. The molecule has 1 atom stereocenters. The normalized spacial score (nSPS) is 19.1. The van der Waals surface area contributed by atoms with E-state index in [0.29, 0.717) is 25.1 Å². The molecule has 4 N–H and O–H groups in total. The van der Waals surface area contributed by atoms with Gasteiger partial charge in [0.05, 0.1) is 11.1 Å². The minimum Gasteiger partial charge on any atom is -0.386 e. The first-order chi connectivity index (χ1) is 14.5. The minimum absolute atomic E-state index is 0.196. The fourth-order valence-electron chi connectivity index (χ4n) is 4.04. The quantitative estimate of drug-likeness (QED) is 0.601. The summed E-state index contributed by atoms with van der Waals surface area (Å²) in [7, 11) is 0. The predicted molar refractivity (Wildman–Crippen MR) is 117 cm³/mol. The molecule has 0 saturated carbocycles. The number of nitrogens with zero attached hydrogens (tertiary/aromatic N) is 3. The van der Waals surface area contributed by atoms with Gasteiger partial charge < -0.3 is 21.1 Å². The Hall–Kier alpha value is -3.03. The number of piperidine rings is 1. The van der Waals surface area contributed by atoms with Crippen molar-refractivity contribution in [2.45, 2.75) is 31.9 Å². The highest BCUT2D eigenvalue weighted by Crippen LogP contribution is 2.31. The Labute approximate surface area is 175 Å². The van der Waals surface area contributed by atoms with Crippen molar-refractivity contribution in [2.75, 3.05) is 24.5 Å². The lowest BCUT2D eigenvalue weighted by Crippen LogP contribution is -2.54. The molecule has 1 fully saturated rings. The lowest BCUT2D eigenvalue weighted by Gasteiger charge is -2.41. The number of benzene rings is 1. The molecule has 1 saturated heterocycles. The first-order valence-electron chi connectivity index (χ1n) is 10.2. The monoisotopic (exact) mass is 405 g/mol. The molecule has 2 aromatic heterocycles. The second-order valence-electron chi connectivity index (χ2n) is 8.01. The molecule has 3 aromatic rings. The van der Waals surface area contributed by atoms with Crippen molar-refractivity contribution in [1.82, 2.24) is 15.3 Å². The van der Waals surface area contributed by atoms with Crippen molar-refractivity contribution < 1.29 is 9.90 Å². The standard InChI is InChI=1S/C23H27N5O2/c1-16-11-21(19-13-25-9-7-20(19)27-16)28-10-2-8-23(30,15-28)14-26-22(29)18-5-3-17(12-24)4-6-18/h3-7,9,11,13,30H,2,8,10,12,14-15,24H2,1H3,(H,26,29). The number of carbonyl (C=O) groups is 1.